The molecule has 7 N–H and O–H groups in total. The molecule has 2 saturated carbocycles. The highest BCUT2D eigenvalue weighted by Gasteiger charge is 2.47. The molecule has 2 fully saturated rings. The van der Waals surface area contributed by atoms with Gasteiger partial charge in [0.05, 0.1) is 38.2 Å². The molecule has 1 unspecified atom stereocenters. The summed E-state index contributed by atoms with van der Waals surface area (Å²) >= 11 is 12.6. The summed E-state index contributed by atoms with van der Waals surface area (Å²) in [5.41, 5.74) is -2.21. The lowest BCUT2D eigenvalue weighted by molar-refractivity contribution is -0.125. The molecule has 0 saturated heterocycles. The minimum atomic E-state index is -4.49. The van der Waals surface area contributed by atoms with Crippen LogP contribution in [0.3, 0.4) is 0 Å². The Morgan fingerprint density at radius 2 is 1.30 bits per heavy atom. The smallest absolute Gasteiger partial charge is 0.253 e. The summed E-state index contributed by atoms with van der Waals surface area (Å²) in [6.45, 7) is -0.0794. The van der Waals surface area contributed by atoms with Crippen LogP contribution in [-0.2, 0) is 42.3 Å². The molecule has 5 aromatic carbocycles. The Bertz CT molecular complexity index is 3150. The number of nitrogens with zero attached hydrogens (tertiary/aromatic N) is 2. The number of halogens is 3. The van der Waals surface area contributed by atoms with Gasteiger partial charge >= 0.3 is 0 Å². The molecule has 348 valence electrons. The van der Waals surface area contributed by atoms with Crippen molar-refractivity contribution in [1.29, 1.82) is 0 Å². The van der Waals surface area contributed by atoms with Crippen LogP contribution in [-0.4, -0.2) is 80.3 Å². The van der Waals surface area contributed by atoms with E-state index in [-0.39, 0.29) is 57.2 Å². The number of carbonyl (C=O) groups excluding carboxylic acids is 1. The minimum absolute atomic E-state index is 0.0182. The molecule has 0 aliphatic heterocycles. The molecule has 5 aromatic rings. The van der Waals surface area contributed by atoms with Crippen molar-refractivity contribution in [3.8, 4) is 11.5 Å². The van der Waals surface area contributed by atoms with E-state index in [4.69, 9.17) is 23.2 Å². The predicted molar refractivity (Wildman–Crippen MR) is 248 cm³/mol. The number of hydrogen-bond donors (Lipinski definition) is 7. The highest BCUT2D eigenvalue weighted by Crippen LogP contribution is 2.48. The van der Waals surface area contributed by atoms with Gasteiger partial charge < -0.3 is 36.6 Å². The number of aromatic hydroxyl groups is 2. The number of aliphatic hydroxyl groups excluding tert-OH is 1. The van der Waals surface area contributed by atoms with Gasteiger partial charge in [-0.15, -0.1) is 0 Å². The van der Waals surface area contributed by atoms with Crippen molar-refractivity contribution in [3.63, 3.8) is 0 Å². The zero-order valence-corrected chi connectivity index (χ0v) is 38.9. The molecule has 0 amide bonds. The Morgan fingerprint density at radius 3 is 1.88 bits per heavy atom. The number of likely N-dealkylation sites (N-methyl/N-ethyl adjacent to an activating group) is 1. The number of aliphatic hydroxyl groups is 1. The molecule has 0 bridgehead atoms. The van der Waals surface area contributed by atoms with Crippen LogP contribution < -0.4 is 32.1 Å². The fourth-order valence-corrected chi connectivity index (χ4v) is 11.8. The lowest BCUT2D eigenvalue weighted by Crippen LogP contribution is -2.55. The number of ketones is 1. The summed E-state index contributed by atoms with van der Waals surface area (Å²) in [5.74, 6) is -2.57. The van der Waals surface area contributed by atoms with Gasteiger partial charge in [-0.1, -0.05) is 65.7 Å². The molecule has 3 aliphatic rings. The van der Waals surface area contributed by atoms with Crippen LogP contribution in [0.25, 0.3) is 0 Å². The van der Waals surface area contributed by atoms with Crippen LogP contribution >= 0.6 is 23.2 Å². The second-order valence-corrected chi connectivity index (χ2v) is 21.8. The normalized spacial score (nSPS) is 17.9. The first-order chi connectivity index (χ1) is 31.1. The van der Waals surface area contributed by atoms with Gasteiger partial charge in [0.2, 0.25) is 25.8 Å². The van der Waals surface area contributed by atoms with Crippen molar-refractivity contribution in [2.75, 3.05) is 43.6 Å². The first kappa shape index (κ1) is 47.0. The van der Waals surface area contributed by atoms with Crippen LogP contribution in [0, 0.1) is 5.82 Å². The van der Waals surface area contributed by atoms with E-state index in [2.05, 4.69) is 21.3 Å². The van der Waals surface area contributed by atoms with E-state index in [1.807, 2.05) is 12.1 Å². The van der Waals surface area contributed by atoms with Gasteiger partial charge in [0, 0.05) is 33.3 Å². The fraction of sp³-hybridized carbons (Fsp3) is 0.311. The van der Waals surface area contributed by atoms with E-state index < -0.39 is 81.0 Å². The third-order valence-electron chi connectivity index (χ3n) is 12.8. The lowest BCUT2D eigenvalue weighted by atomic mass is 9.70. The zero-order chi connectivity index (χ0) is 47.7. The summed E-state index contributed by atoms with van der Waals surface area (Å²) in [4.78, 5) is 37.6. The number of rotatable bonds is 17. The van der Waals surface area contributed by atoms with Gasteiger partial charge in [-0.3, -0.25) is 14.4 Å². The number of nitrogens with one attached hydrogen (secondary N) is 4. The Kier molecular flexibility index (Phi) is 12.3. The summed E-state index contributed by atoms with van der Waals surface area (Å²) < 4.78 is 70.8. The van der Waals surface area contributed by atoms with Crippen LogP contribution in [0.2, 0.25) is 10.0 Å². The van der Waals surface area contributed by atoms with Crippen molar-refractivity contribution >= 4 is 71.8 Å². The molecule has 3 aliphatic carbocycles. The second kappa shape index (κ2) is 17.3. The predicted octanol–water partition coefficient (Wildman–Crippen LogP) is 5.72. The maximum Gasteiger partial charge on any atom is 0.253 e. The molecule has 16 nitrogen and oxygen atoms in total. The van der Waals surface area contributed by atoms with Crippen molar-refractivity contribution in [2.45, 2.75) is 71.9 Å². The molecule has 66 heavy (non-hydrogen) atoms. The first-order valence-corrected chi connectivity index (χ1v) is 24.4. The van der Waals surface area contributed by atoms with Gasteiger partial charge in [-0.25, -0.2) is 29.8 Å². The van der Waals surface area contributed by atoms with Crippen molar-refractivity contribution in [1.82, 2.24) is 13.9 Å². The van der Waals surface area contributed by atoms with Crippen molar-refractivity contribution in [3.05, 3.63) is 137 Å². The third-order valence-corrected chi connectivity index (χ3v) is 17.5. The van der Waals surface area contributed by atoms with E-state index in [9.17, 15) is 50.9 Å². The number of anilines is 4. The van der Waals surface area contributed by atoms with E-state index in [1.165, 1.54) is 51.5 Å². The van der Waals surface area contributed by atoms with Crippen LogP contribution in [0.4, 0.5) is 27.1 Å². The van der Waals surface area contributed by atoms with Crippen LogP contribution in [0.1, 0.15) is 55.2 Å². The number of sulfonamides is 2. The average molecular weight is 984 g/mol. The number of hydrogen-bond acceptors (Lipinski definition) is 14. The van der Waals surface area contributed by atoms with Crippen LogP contribution in [0.5, 0.6) is 11.5 Å². The fourth-order valence-electron chi connectivity index (χ4n) is 8.52. The molecular weight excluding hydrogens is 939 g/mol. The lowest BCUT2D eigenvalue weighted by Gasteiger charge is -2.46. The van der Waals surface area contributed by atoms with E-state index >= 15 is 0 Å². The molecular formula is C45H45Cl2FN6O10S2. The largest absolute Gasteiger partial charge is 0.504 e. The molecule has 8 rings (SSSR count). The van der Waals surface area contributed by atoms with Gasteiger partial charge in [0.15, 0.2) is 17.6 Å². The number of phenolic OH excluding ortho intramolecular Hbond substituents is 2. The summed E-state index contributed by atoms with van der Waals surface area (Å²) in [5, 5.41) is 44.5. The zero-order valence-electron chi connectivity index (χ0n) is 35.7. The standard InChI is InChI=1S/C45H45Cl2FN6O10S2/c1-53(2)65(61,62)42-27(46)13-15-30(36(42)55)49-32-34(40(59)38(32)57)51-44(18-7-19-44)25-10-6-9-24(23-25)17-22-54(3)66(63,64)43-28(47)14-16-31(37(43)56)50-33-35(41(60)39(33)58)52-45(20-8-21-45)26-11-4-5-12-29(26)48/h4-6,9-16,23,38,49-52,55-57H,7-8,17-22H2,1-3H3. The Hall–Kier alpha value is -5.54. The van der Waals surface area contributed by atoms with E-state index in [0.29, 0.717) is 31.2 Å². The van der Waals surface area contributed by atoms with Gasteiger partial charge in [0.25, 0.3) is 10.9 Å². The third kappa shape index (κ3) is 7.88. The van der Waals surface area contributed by atoms with Gasteiger partial charge in [0.1, 0.15) is 32.7 Å². The van der Waals surface area contributed by atoms with Gasteiger partial charge in [-0.2, -0.15) is 0 Å². The number of carbonyl (C=O) groups is 1. The number of benzene rings is 4. The number of Topliss-reactive ketones (excluding diaryl/α,β-unsaturated/α-hetero) is 1. The molecule has 21 heteroatoms. The summed E-state index contributed by atoms with van der Waals surface area (Å²) in [7, 11) is -4.80. The molecule has 0 spiro atoms. The summed E-state index contributed by atoms with van der Waals surface area (Å²) in [6, 6.07) is 18.5. The van der Waals surface area contributed by atoms with E-state index in [1.54, 1.807) is 30.3 Å². The topological polar surface area (TPSA) is 235 Å². The summed E-state index contributed by atoms with van der Waals surface area (Å²) in [6.07, 6.45) is 2.31. The Morgan fingerprint density at radius 1 is 0.727 bits per heavy atom. The molecule has 1 atom stereocenters. The maximum absolute atomic E-state index is 14.9. The van der Waals surface area contributed by atoms with E-state index in [0.717, 1.165) is 32.6 Å². The SMILES string of the molecule is CN(C)S(=O)(=O)c1c(Cl)ccc(NC2=C(NC3(c4cccc(CCN(C)S(=O)(=O)c5c(Cl)ccc(Nc6c(NC7(c8ccccc8F)CCC7)c(=O)c6=O)c5O)c4)CCC3)C(=O)C2O)c1O. The first-order valence-electron chi connectivity index (χ1n) is 20.8. The maximum atomic E-state index is 14.9. The minimum Gasteiger partial charge on any atom is -0.504 e. The van der Waals surface area contributed by atoms with Crippen molar-refractivity contribution < 1.29 is 41.3 Å². The molecule has 0 radical (unpaired) electrons. The Balaban J connectivity index is 0.985. The highest BCUT2D eigenvalue weighted by molar-refractivity contribution is 7.89. The highest BCUT2D eigenvalue weighted by atomic mass is 35.5. The second-order valence-electron chi connectivity index (χ2n) is 16.9. The Labute approximate surface area is 389 Å². The average Bonchev–Trinajstić information content (AvgIpc) is 3.25. The van der Waals surface area contributed by atoms with Crippen molar-refractivity contribution in [2.24, 2.45) is 0 Å². The van der Waals surface area contributed by atoms with Crippen LogP contribution in [0.15, 0.2) is 104 Å². The number of phenols is 2. The quantitative estimate of drug-likeness (QED) is 0.0436. The molecule has 0 aromatic heterocycles. The molecule has 0 heterocycles. The monoisotopic (exact) mass is 982 g/mol. The van der Waals surface area contributed by atoms with Gasteiger partial charge in [-0.05, 0) is 86.4 Å².